The van der Waals surface area contributed by atoms with E-state index in [1.165, 1.54) is 11.0 Å². The Morgan fingerprint density at radius 3 is 2.57 bits per heavy atom. The molecule has 0 saturated carbocycles. The van der Waals surface area contributed by atoms with Gasteiger partial charge in [-0.3, -0.25) is 9.59 Å². The highest BCUT2D eigenvalue weighted by atomic mass is 32.2. The summed E-state index contributed by atoms with van der Waals surface area (Å²) in [5.74, 6) is -2.11. The smallest absolute Gasteiger partial charge is 0.306 e. The van der Waals surface area contributed by atoms with Gasteiger partial charge < -0.3 is 9.64 Å². The Hall–Kier alpha value is -2.52. The highest BCUT2D eigenvalue weighted by molar-refractivity contribution is 7.98. The van der Waals surface area contributed by atoms with Crippen LogP contribution in [0.25, 0.3) is 10.2 Å². The topological polar surface area (TPSA) is 59.5 Å². The minimum absolute atomic E-state index is 0.0308. The van der Waals surface area contributed by atoms with E-state index in [4.69, 9.17) is 4.74 Å². The number of amides is 1. The molecule has 3 rings (SSSR count). The van der Waals surface area contributed by atoms with E-state index in [-0.39, 0.29) is 42.1 Å². The van der Waals surface area contributed by atoms with Crippen molar-refractivity contribution in [1.82, 2.24) is 4.98 Å². The maximum absolute atomic E-state index is 14.0. The summed E-state index contributed by atoms with van der Waals surface area (Å²) >= 11 is 2.65. The third kappa shape index (κ3) is 5.34. The first-order valence-corrected chi connectivity index (χ1v) is 11.3. The van der Waals surface area contributed by atoms with Crippen molar-refractivity contribution in [3.8, 4) is 0 Å². The van der Waals surface area contributed by atoms with Crippen molar-refractivity contribution in [2.24, 2.45) is 0 Å². The number of fused-ring (bicyclic) bond motifs is 1. The Morgan fingerprint density at radius 1 is 1.17 bits per heavy atom. The van der Waals surface area contributed by atoms with E-state index < -0.39 is 17.6 Å². The summed E-state index contributed by atoms with van der Waals surface area (Å²) in [6, 6.07) is 9.37. The molecule has 0 aliphatic rings. The molecule has 5 nitrogen and oxygen atoms in total. The number of hydrogen-bond donors (Lipinski definition) is 0. The molecule has 0 N–H and O–H groups in total. The molecule has 0 saturated heterocycles. The lowest BCUT2D eigenvalue weighted by molar-refractivity contribution is -0.144. The molecular formula is C21H20F2N2O3S2. The number of ether oxygens (including phenoxy) is 1. The van der Waals surface area contributed by atoms with Crippen LogP contribution in [-0.4, -0.2) is 29.7 Å². The predicted octanol–water partition coefficient (Wildman–Crippen LogP) is 5.17. The second kappa shape index (κ2) is 9.99. The second-order valence-corrected chi connectivity index (χ2v) is 8.29. The highest BCUT2D eigenvalue weighted by Gasteiger charge is 2.20. The summed E-state index contributed by atoms with van der Waals surface area (Å²) in [7, 11) is 0. The van der Waals surface area contributed by atoms with Crippen LogP contribution >= 0.6 is 23.1 Å². The molecule has 30 heavy (non-hydrogen) atoms. The van der Waals surface area contributed by atoms with E-state index in [0.717, 1.165) is 22.3 Å². The standard InChI is InChI=1S/C21H20F2N2O3S2/c1-3-28-20(27)9-8-19(26)25(14-4-6-15(29-2)7-5-14)12-18-24-17-11-13(22)10-16(23)21(17)30-18/h4-7,10-11H,3,8-9,12H2,1-2H3. The molecule has 0 atom stereocenters. The van der Waals surface area contributed by atoms with Gasteiger partial charge >= 0.3 is 5.97 Å². The first-order valence-electron chi connectivity index (χ1n) is 9.25. The zero-order chi connectivity index (χ0) is 21.7. The molecule has 0 radical (unpaired) electrons. The Kier molecular flexibility index (Phi) is 7.38. The van der Waals surface area contributed by atoms with Gasteiger partial charge in [-0.2, -0.15) is 0 Å². The molecule has 1 amide bonds. The molecule has 158 valence electrons. The summed E-state index contributed by atoms with van der Waals surface area (Å²) in [6.45, 7) is 2.04. The number of nitrogens with zero attached hydrogens (tertiary/aromatic N) is 2. The van der Waals surface area contributed by atoms with E-state index in [1.807, 2.05) is 30.5 Å². The van der Waals surface area contributed by atoms with Crippen LogP contribution in [-0.2, 0) is 20.9 Å². The number of halogens is 2. The lowest BCUT2D eigenvalue weighted by atomic mass is 10.2. The summed E-state index contributed by atoms with van der Waals surface area (Å²) < 4.78 is 32.7. The highest BCUT2D eigenvalue weighted by Crippen LogP contribution is 2.29. The van der Waals surface area contributed by atoms with Gasteiger partial charge in [0, 0.05) is 29.1 Å². The van der Waals surface area contributed by atoms with Crippen molar-refractivity contribution < 1.29 is 23.1 Å². The van der Waals surface area contributed by atoms with Crippen LogP contribution in [0, 0.1) is 11.6 Å². The monoisotopic (exact) mass is 450 g/mol. The molecule has 2 aromatic carbocycles. The first-order chi connectivity index (χ1) is 14.4. The number of aromatic nitrogens is 1. The molecule has 0 spiro atoms. The normalized spacial score (nSPS) is 10.9. The molecule has 0 bridgehead atoms. The SMILES string of the molecule is CCOC(=O)CCC(=O)N(Cc1nc2cc(F)cc(F)c2s1)c1ccc(SC)cc1. The zero-order valence-corrected chi connectivity index (χ0v) is 18.1. The Bertz CT molecular complexity index is 1050. The minimum atomic E-state index is -0.702. The van der Waals surface area contributed by atoms with Crippen molar-refractivity contribution in [3.63, 3.8) is 0 Å². The van der Waals surface area contributed by atoms with E-state index in [1.54, 1.807) is 18.7 Å². The van der Waals surface area contributed by atoms with Gasteiger partial charge in [-0.15, -0.1) is 23.1 Å². The number of esters is 1. The maximum atomic E-state index is 14.0. The fraction of sp³-hybridized carbons (Fsp3) is 0.286. The minimum Gasteiger partial charge on any atom is -0.466 e. The van der Waals surface area contributed by atoms with E-state index in [2.05, 4.69) is 4.98 Å². The molecule has 0 fully saturated rings. The van der Waals surface area contributed by atoms with Crippen LogP contribution < -0.4 is 4.90 Å². The van der Waals surface area contributed by atoms with Gasteiger partial charge in [-0.25, -0.2) is 13.8 Å². The number of benzene rings is 2. The van der Waals surface area contributed by atoms with Gasteiger partial charge in [-0.05, 0) is 37.4 Å². The summed E-state index contributed by atoms with van der Waals surface area (Å²) in [5, 5.41) is 0.466. The zero-order valence-electron chi connectivity index (χ0n) is 16.5. The summed E-state index contributed by atoms with van der Waals surface area (Å²) in [6.07, 6.45) is 1.88. The van der Waals surface area contributed by atoms with Gasteiger partial charge in [0.25, 0.3) is 0 Å². The van der Waals surface area contributed by atoms with E-state index in [9.17, 15) is 18.4 Å². The fourth-order valence-corrected chi connectivity index (χ4v) is 4.22. The van der Waals surface area contributed by atoms with Crippen molar-refractivity contribution in [2.45, 2.75) is 31.2 Å². The number of hydrogen-bond acceptors (Lipinski definition) is 6. The molecule has 1 heterocycles. The molecule has 3 aromatic rings. The van der Waals surface area contributed by atoms with Crippen LogP contribution in [0.15, 0.2) is 41.3 Å². The van der Waals surface area contributed by atoms with Crippen LogP contribution in [0.3, 0.4) is 0 Å². The van der Waals surface area contributed by atoms with E-state index in [0.29, 0.717) is 10.7 Å². The summed E-state index contributed by atoms with van der Waals surface area (Å²) in [4.78, 5) is 31.4. The number of carbonyl (C=O) groups excluding carboxylic acids is 2. The molecule has 0 unspecified atom stereocenters. The van der Waals surface area contributed by atoms with Gasteiger partial charge in [0.05, 0.1) is 29.8 Å². The maximum Gasteiger partial charge on any atom is 0.306 e. The molecule has 0 aliphatic carbocycles. The van der Waals surface area contributed by atoms with Gasteiger partial charge in [0.15, 0.2) is 0 Å². The lowest BCUT2D eigenvalue weighted by Gasteiger charge is -2.22. The predicted molar refractivity (Wildman–Crippen MR) is 115 cm³/mol. The largest absolute Gasteiger partial charge is 0.466 e. The quantitative estimate of drug-likeness (QED) is 0.350. The Morgan fingerprint density at radius 2 is 1.90 bits per heavy atom. The lowest BCUT2D eigenvalue weighted by Crippen LogP contribution is -2.30. The molecule has 0 aliphatic heterocycles. The number of thiazole rings is 1. The van der Waals surface area contributed by atoms with Crippen molar-refractivity contribution in [3.05, 3.63) is 53.0 Å². The molecule has 9 heteroatoms. The molecular weight excluding hydrogens is 430 g/mol. The number of rotatable bonds is 8. The second-order valence-electron chi connectivity index (χ2n) is 6.33. The third-order valence-corrected chi connectivity index (χ3v) is 6.09. The third-order valence-electron chi connectivity index (χ3n) is 4.28. The fourth-order valence-electron chi connectivity index (χ4n) is 2.87. The van der Waals surface area contributed by atoms with Crippen molar-refractivity contribution in [2.75, 3.05) is 17.8 Å². The number of anilines is 1. The summed E-state index contributed by atoms with van der Waals surface area (Å²) in [5.41, 5.74) is 0.844. The van der Waals surface area contributed by atoms with Crippen LogP contribution in [0.5, 0.6) is 0 Å². The first kappa shape index (κ1) is 22.2. The van der Waals surface area contributed by atoms with Crippen molar-refractivity contribution in [1.29, 1.82) is 0 Å². The number of carbonyl (C=O) groups is 2. The van der Waals surface area contributed by atoms with Crippen LogP contribution in [0.4, 0.5) is 14.5 Å². The molecule has 1 aromatic heterocycles. The van der Waals surface area contributed by atoms with Crippen LogP contribution in [0.1, 0.15) is 24.8 Å². The Balaban J connectivity index is 1.87. The Labute approximate surface area is 181 Å². The average molecular weight is 451 g/mol. The van der Waals surface area contributed by atoms with Gasteiger partial charge in [-0.1, -0.05) is 0 Å². The van der Waals surface area contributed by atoms with Crippen molar-refractivity contribution >= 4 is 50.9 Å². The average Bonchev–Trinajstić information content (AvgIpc) is 3.13. The van der Waals surface area contributed by atoms with Crippen LogP contribution in [0.2, 0.25) is 0 Å². The number of thioether (sulfide) groups is 1. The van der Waals surface area contributed by atoms with Gasteiger partial charge in [0.2, 0.25) is 5.91 Å². The van der Waals surface area contributed by atoms with E-state index >= 15 is 0 Å². The van der Waals surface area contributed by atoms with Gasteiger partial charge in [0.1, 0.15) is 16.6 Å².